The average Bonchev–Trinajstić information content (AvgIpc) is 2.23. The number of nitrogens with one attached hydrogen (secondary N) is 1. The number of hydrogen-bond acceptors (Lipinski definition) is 1. The Morgan fingerprint density at radius 1 is 1.20 bits per heavy atom. The molecule has 1 aliphatic rings. The molecular weight excluding hydrogens is 186 g/mol. The van der Waals surface area contributed by atoms with E-state index in [1.165, 1.54) is 5.56 Å². The fourth-order valence-corrected chi connectivity index (χ4v) is 1.98. The van der Waals surface area contributed by atoms with Gasteiger partial charge in [-0.25, -0.2) is 0 Å². The van der Waals surface area contributed by atoms with Gasteiger partial charge in [-0.2, -0.15) is 0 Å². The third-order valence-electron chi connectivity index (χ3n) is 3.02. The van der Waals surface area contributed by atoms with Crippen molar-refractivity contribution in [3.63, 3.8) is 0 Å². The molecule has 0 saturated carbocycles. The van der Waals surface area contributed by atoms with Crippen LogP contribution in [0.15, 0.2) is 42.6 Å². The van der Waals surface area contributed by atoms with Crippen molar-refractivity contribution in [2.45, 2.75) is 19.8 Å². The van der Waals surface area contributed by atoms with E-state index in [1.807, 2.05) is 32.0 Å². The molecule has 2 rings (SSSR count). The largest absolute Gasteiger partial charge is 0.332 e. The quantitative estimate of drug-likeness (QED) is 0.743. The zero-order chi connectivity index (χ0) is 10.9. The van der Waals surface area contributed by atoms with Gasteiger partial charge in [0.15, 0.2) is 0 Å². The van der Waals surface area contributed by atoms with Gasteiger partial charge in [0.05, 0.1) is 5.41 Å². The lowest BCUT2D eigenvalue weighted by molar-refractivity contribution is -0.129. The third kappa shape index (κ3) is 1.67. The van der Waals surface area contributed by atoms with Gasteiger partial charge in [-0.15, -0.1) is 0 Å². The van der Waals surface area contributed by atoms with Gasteiger partial charge >= 0.3 is 0 Å². The van der Waals surface area contributed by atoms with Crippen LogP contribution in [0.4, 0.5) is 0 Å². The molecule has 2 nitrogen and oxygen atoms in total. The maximum absolute atomic E-state index is 11.7. The Morgan fingerprint density at radius 3 is 2.53 bits per heavy atom. The van der Waals surface area contributed by atoms with Gasteiger partial charge in [-0.1, -0.05) is 50.3 Å². The lowest BCUT2D eigenvalue weighted by Crippen LogP contribution is -2.41. The molecule has 1 N–H and O–H groups in total. The summed E-state index contributed by atoms with van der Waals surface area (Å²) >= 11 is 0. The first-order chi connectivity index (χ1) is 7.12. The van der Waals surface area contributed by atoms with Crippen molar-refractivity contribution in [2.24, 2.45) is 5.41 Å². The molecule has 0 bridgehead atoms. The molecule has 1 atom stereocenters. The summed E-state index contributed by atoms with van der Waals surface area (Å²) in [4.78, 5) is 11.7. The molecule has 0 saturated heterocycles. The second kappa shape index (κ2) is 3.54. The highest BCUT2D eigenvalue weighted by atomic mass is 16.2. The number of rotatable bonds is 1. The fourth-order valence-electron chi connectivity index (χ4n) is 1.98. The summed E-state index contributed by atoms with van der Waals surface area (Å²) in [6.45, 7) is 3.95. The topological polar surface area (TPSA) is 29.1 Å². The summed E-state index contributed by atoms with van der Waals surface area (Å²) in [5.74, 6) is 0.242. The maximum Gasteiger partial charge on any atom is 0.230 e. The van der Waals surface area contributed by atoms with Crippen LogP contribution in [0.25, 0.3) is 0 Å². The summed E-state index contributed by atoms with van der Waals surface area (Å²) in [6.07, 6.45) is 3.79. The number of allylic oxidation sites excluding steroid dienone is 1. The molecule has 15 heavy (non-hydrogen) atoms. The first-order valence-electron chi connectivity index (χ1n) is 5.15. The molecule has 78 valence electrons. The third-order valence-corrected chi connectivity index (χ3v) is 3.02. The molecular formula is C13H15NO. The van der Waals surface area contributed by atoms with Crippen LogP contribution in [-0.4, -0.2) is 5.91 Å². The Bertz CT molecular complexity index is 392. The zero-order valence-electron chi connectivity index (χ0n) is 9.03. The minimum absolute atomic E-state index is 0.0823. The summed E-state index contributed by atoms with van der Waals surface area (Å²) in [5.41, 5.74) is 0.810. The number of carbonyl (C=O) groups is 1. The van der Waals surface area contributed by atoms with E-state index in [0.717, 1.165) is 0 Å². The Morgan fingerprint density at radius 2 is 1.87 bits per heavy atom. The van der Waals surface area contributed by atoms with Gasteiger partial charge in [-0.3, -0.25) is 4.79 Å². The molecule has 0 radical (unpaired) electrons. The normalized spacial score (nSPS) is 23.6. The van der Waals surface area contributed by atoms with E-state index in [2.05, 4.69) is 23.5 Å². The van der Waals surface area contributed by atoms with Crippen LogP contribution in [-0.2, 0) is 4.79 Å². The van der Waals surface area contributed by atoms with E-state index < -0.39 is 0 Å². The summed E-state index contributed by atoms with van der Waals surface area (Å²) in [5, 5.41) is 2.75. The van der Waals surface area contributed by atoms with Gasteiger partial charge in [0.25, 0.3) is 0 Å². The minimum atomic E-state index is -0.379. The van der Waals surface area contributed by atoms with E-state index in [0.29, 0.717) is 0 Å². The van der Waals surface area contributed by atoms with Crippen molar-refractivity contribution in [1.82, 2.24) is 5.32 Å². The Hall–Kier alpha value is -1.57. The highest BCUT2D eigenvalue weighted by Gasteiger charge is 2.37. The number of amides is 1. The molecule has 0 aromatic heterocycles. The molecule has 2 heteroatoms. The summed E-state index contributed by atoms with van der Waals surface area (Å²) in [6, 6.07) is 10.1. The van der Waals surface area contributed by atoms with E-state index in [9.17, 15) is 4.79 Å². The number of hydrogen-bond donors (Lipinski definition) is 1. The molecule has 0 aliphatic carbocycles. The zero-order valence-corrected chi connectivity index (χ0v) is 9.03. The van der Waals surface area contributed by atoms with Gasteiger partial charge in [0.1, 0.15) is 0 Å². The van der Waals surface area contributed by atoms with Crippen LogP contribution in [0, 0.1) is 5.41 Å². The second-order valence-electron chi connectivity index (χ2n) is 4.44. The smallest absolute Gasteiger partial charge is 0.230 e. The molecule has 1 aliphatic heterocycles. The molecule has 1 amide bonds. The van der Waals surface area contributed by atoms with Gasteiger partial charge in [-0.05, 0) is 5.56 Å². The average molecular weight is 201 g/mol. The van der Waals surface area contributed by atoms with Crippen LogP contribution >= 0.6 is 0 Å². The van der Waals surface area contributed by atoms with Crippen LogP contribution < -0.4 is 5.32 Å². The van der Waals surface area contributed by atoms with Gasteiger partial charge in [0, 0.05) is 12.1 Å². The van der Waals surface area contributed by atoms with Crippen molar-refractivity contribution in [2.75, 3.05) is 0 Å². The van der Waals surface area contributed by atoms with Crippen LogP contribution in [0.1, 0.15) is 25.3 Å². The Balaban J connectivity index is 2.41. The van der Waals surface area contributed by atoms with Crippen LogP contribution in [0.3, 0.4) is 0 Å². The van der Waals surface area contributed by atoms with E-state index in [-0.39, 0.29) is 17.2 Å². The molecule has 1 unspecified atom stereocenters. The van der Waals surface area contributed by atoms with Crippen molar-refractivity contribution in [3.8, 4) is 0 Å². The monoisotopic (exact) mass is 201 g/mol. The molecule has 1 heterocycles. The van der Waals surface area contributed by atoms with Crippen molar-refractivity contribution in [3.05, 3.63) is 48.2 Å². The maximum atomic E-state index is 11.7. The molecule has 0 fully saturated rings. The Labute approximate surface area is 90.0 Å². The first kappa shape index (κ1) is 9.97. The number of benzene rings is 1. The van der Waals surface area contributed by atoms with Gasteiger partial charge < -0.3 is 5.32 Å². The molecule has 0 spiro atoms. The highest BCUT2D eigenvalue weighted by molar-refractivity contribution is 5.85. The Kier molecular flexibility index (Phi) is 2.35. The molecule has 1 aromatic rings. The lowest BCUT2D eigenvalue weighted by atomic mass is 9.73. The van der Waals surface area contributed by atoms with Crippen molar-refractivity contribution >= 4 is 5.91 Å². The lowest BCUT2D eigenvalue weighted by Gasteiger charge is -2.33. The van der Waals surface area contributed by atoms with Crippen molar-refractivity contribution < 1.29 is 4.79 Å². The van der Waals surface area contributed by atoms with E-state index >= 15 is 0 Å². The SMILES string of the molecule is CC1(C)C(=O)NC=CC1c1ccccc1. The highest BCUT2D eigenvalue weighted by Crippen LogP contribution is 2.38. The van der Waals surface area contributed by atoms with E-state index in [1.54, 1.807) is 6.20 Å². The first-order valence-corrected chi connectivity index (χ1v) is 5.15. The van der Waals surface area contributed by atoms with Crippen molar-refractivity contribution in [1.29, 1.82) is 0 Å². The van der Waals surface area contributed by atoms with Crippen LogP contribution in [0.5, 0.6) is 0 Å². The predicted molar refractivity (Wildman–Crippen MR) is 60.2 cm³/mol. The molecule has 1 aromatic carbocycles. The second-order valence-corrected chi connectivity index (χ2v) is 4.44. The minimum Gasteiger partial charge on any atom is -0.332 e. The van der Waals surface area contributed by atoms with E-state index in [4.69, 9.17) is 0 Å². The van der Waals surface area contributed by atoms with Gasteiger partial charge in [0.2, 0.25) is 5.91 Å². The standard InChI is InChI=1S/C13H15NO/c1-13(2)11(8-9-14-12(13)15)10-6-4-3-5-7-10/h3-9,11H,1-2H3,(H,14,15). The van der Waals surface area contributed by atoms with Crippen LogP contribution in [0.2, 0.25) is 0 Å². The summed E-state index contributed by atoms with van der Waals surface area (Å²) in [7, 11) is 0. The number of carbonyl (C=O) groups excluding carboxylic acids is 1. The predicted octanol–water partition coefficient (Wildman–Crippen LogP) is 2.44. The fraction of sp³-hybridized carbons (Fsp3) is 0.308. The summed E-state index contributed by atoms with van der Waals surface area (Å²) < 4.78 is 0.